The molecule has 0 fully saturated rings. The summed E-state index contributed by atoms with van der Waals surface area (Å²) < 4.78 is 1.52. The summed E-state index contributed by atoms with van der Waals surface area (Å²) in [5.74, 6) is 0.216. The molecule has 0 radical (unpaired) electrons. The molecule has 2 atom stereocenters. The molecule has 8 heteroatoms. The number of allylic oxidation sites excluding steroid dienone is 2. The van der Waals surface area contributed by atoms with Crippen molar-refractivity contribution in [1.82, 2.24) is 9.78 Å². The number of halogens is 2. The summed E-state index contributed by atoms with van der Waals surface area (Å²) in [6.45, 7) is 0. The second kappa shape index (κ2) is 8.31. The number of hydrogen-bond donors (Lipinski definition) is 2. The van der Waals surface area contributed by atoms with Crippen molar-refractivity contribution in [3.63, 3.8) is 0 Å². The van der Waals surface area contributed by atoms with Crippen molar-refractivity contribution in [3.05, 3.63) is 114 Å². The van der Waals surface area contributed by atoms with Gasteiger partial charge < -0.3 is 5.32 Å². The first-order valence-corrected chi connectivity index (χ1v) is 12.6. The Morgan fingerprint density at radius 3 is 2.50 bits per heavy atom. The largest absolute Gasteiger partial charge is 0.343 e. The summed E-state index contributed by atoms with van der Waals surface area (Å²) >= 11 is 14.2. The van der Waals surface area contributed by atoms with E-state index in [4.69, 9.17) is 23.2 Å². The summed E-state index contributed by atoms with van der Waals surface area (Å²) in [5, 5.41) is 9.49. The summed E-state index contributed by atoms with van der Waals surface area (Å²) in [5.41, 5.74) is 3.27. The summed E-state index contributed by atoms with van der Waals surface area (Å²) in [6.07, 6.45) is 1.10. The van der Waals surface area contributed by atoms with E-state index >= 15 is 0 Å². The van der Waals surface area contributed by atoms with E-state index in [0.29, 0.717) is 39.8 Å². The third kappa shape index (κ3) is 3.45. The molecule has 4 aromatic rings. The van der Waals surface area contributed by atoms with Crippen molar-refractivity contribution in [2.24, 2.45) is 0 Å². The molecule has 2 aliphatic rings. The highest BCUT2D eigenvalue weighted by Gasteiger charge is 2.41. The molecule has 0 bridgehead atoms. The number of rotatable bonds is 3. The number of para-hydroxylation sites is 1. The van der Waals surface area contributed by atoms with E-state index in [9.17, 15) is 9.59 Å². The van der Waals surface area contributed by atoms with Crippen LogP contribution in [0.2, 0.25) is 10.0 Å². The maximum absolute atomic E-state index is 13.7. The van der Waals surface area contributed by atoms with Crippen LogP contribution in [-0.2, 0) is 4.79 Å². The van der Waals surface area contributed by atoms with Crippen molar-refractivity contribution < 1.29 is 4.79 Å². The first kappa shape index (κ1) is 21.5. The fraction of sp³-hybridized carbons (Fsp3) is 0.154. The van der Waals surface area contributed by atoms with Gasteiger partial charge in [-0.15, -0.1) is 11.3 Å². The molecule has 0 spiro atoms. The molecule has 0 saturated carbocycles. The van der Waals surface area contributed by atoms with E-state index < -0.39 is 5.92 Å². The Labute approximate surface area is 209 Å². The van der Waals surface area contributed by atoms with E-state index in [1.807, 2.05) is 47.8 Å². The molecular weight excluding hydrogens is 489 g/mol. The van der Waals surface area contributed by atoms with Gasteiger partial charge >= 0.3 is 0 Å². The molecule has 2 aromatic carbocycles. The van der Waals surface area contributed by atoms with Crippen molar-refractivity contribution >= 4 is 46.1 Å². The number of carbonyl (C=O) groups excluding carboxylic acids is 1. The van der Waals surface area contributed by atoms with Gasteiger partial charge in [-0.25, -0.2) is 4.68 Å². The van der Waals surface area contributed by atoms with Gasteiger partial charge in [0.05, 0.1) is 21.3 Å². The average molecular weight is 508 g/mol. The van der Waals surface area contributed by atoms with Crippen LogP contribution in [0.4, 0.5) is 5.82 Å². The Balaban J connectivity index is 1.54. The highest BCUT2D eigenvalue weighted by molar-refractivity contribution is 7.10. The van der Waals surface area contributed by atoms with Gasteiger partial charge in [-0.1, -0.05) is 53.5 Å². The van der Waals surface area contributed by atoms with Gasteiger partial charge in [-0.3, -0.25) is 14.7 Å². The standard InChI is InChI=1S/C26H19Cl2N3O2S/c27-17-9-8-14(11-18(17)28)22-23-19(12-15(13-20(23)32)21-7-4-10-34-21)29-25-24(22)26(33)31(30-25)16-5-2-1-3-6-16/h1-11,15,22,29-30H,12-13H2/t15-,22-/m1/s1. The van der Waals surface area contributed by atoms with Crippen LogP contribution < -0.4 is 10.9 Å². The smallest absolute Gasteiger partial charge is 0.277 e. The van der Waals surface area contributed by atoms with Crippen LogP contribution in [0.15, 0.2) is 82.1 Å². The average Bonchev–Trinajstić information content (AvgIpc) is 3.49. The molecule has 170 valence electrons. The predicted octanol–water partition coefficient (Wildman–Crippen LogP) is 6.49. The van der Waals surface area contributed by atoms with Crippen LogP contribution in [0.3, 0.4) is 0 Å². The zero-order valence-corrected chi connectivity index (χ0v) is 20.2. The third-order valence-corrected chi connectivity index (χ3v) is 8.30. The van der Waals surface area contributed by atoms with E-state index in [-0.39, 0.29) is 17.3 Å². The predicted molar refractivity (Wildman–Crippen MR) is 137 cm³/mol. The minimum atomic E-state index is -0.536. The normalized spacial score (nSPS) is 19.5. The van der Waals surface area contributed by atoms with Crippen LogP contribution in [0.25, 0.3) is 5.69 Å². The van der Waals surface area contributed by atoms with Crippen LogP contribution >= 0.6 is 34.5 Å². The SMILES string of the molecule is O=C1C[C@H](c2cccs2)CC2=C1[C@@H](c1ccc(Cl)c(Cl)c1)c1c([nH]n(-c3ccccc3)c1=O)N2. The number of benzene rings is 2. The van der Waals surface area contributed by atoms with Gasteiger partial charge in [0.25, 0.3) is 5.56 Å². The molecule has 2 N–H and O–H groups in total. The lowest BCUT2D eigenvalue weighted by Crippen LogP contribution is -2.31. The van der Waals surface area contributed by atoms with Gasteiger partial charge in [-0.05, 0) is 47.7 Å². The minimum absolute atomic E-state index is 0.0423. The number of carbonyl (C=O) groups is 1. The molecule has 5 nitrogen and oxygen atoms in total. The Kier molecular flexibility index (Phi) is 5.25. The number of ketones is 1. The Morgan fingerprint density at radius 1 is 0.941 bits per heavy atom. The van der Waals surface area contributed by atoms with Gasteiger partial charge in [-0.2, -0.15) is 0 Å². The number of hydrogen-bond acceptors (Lipinski definition) is 4. The molecule has 1 aliphatic heterocycles. The van der Waals surface area contributed by atoms with Gasteiger partial charge in [0.15, 0.2) is 5.78 Å². The number of nitrogens with one attached hydrogen (secondary N) is 2. The lowest BCUT2D eigenvalue weighted by Gasteiger charge is -2.34. The Hall–Kier alpha value is -3.06. The molecule has 0 unspecified atom stereocenters. The fourth-order valence-electron chi connectivity index (χ4n) is 5.00. The number of thiophene rings is 1. The maximum Gasteiger partial charge on any atom is 0.277 e. The number of aromatic nitrogens is 2. The molecule has 1 aliphatic carbocycles. The second-order valence-electron chi connectivity index (χ2n) is 8.54. The first-order chi connectivity index (χ1) is 16.5. The van der Waals surface area contributed by atoms with E-state index in [0.717, 1.165) is 16.9 Å². The van der Waals surface area contributed by atoms with Crippen molar-refractivity contribution in [1.29, 1.82) is 0 Å². The molecule has 6 rings (SSSR count). The summed E-state index contributed by atoms with van der Waals surface area (Å²) in [6, 6.07) is 18.8. The third-order valence-electron chi connectivity index (χ3n) is 6.52. The molecule has 3 heterocycles. The van der Waals surface area contributed by atoms with E-state index in [1.54, 1.807) is 23.5 Å². The number of anilines is 1. The number of Topliss-reactive ketones (excluding diaryl/α,β-unsaturated/α-hetero) is 1. The zero-order valence-electron chi connectivity index (χ0n) is 17.8. The highest BCUT2D eigenvalue weighted by Crippen LogP contribution is 2.47. The van der Waals surface area contributed by atoms with Crippen molar-refractivity contribution in [2.75, 3.05) is 5.32 Å². The van der Waals surface area contributed by atoms with E-state index in [2.05, 4.69) is 16.5 Å². The quantitative estimate of drug-likeness (QED) is 0.332. The number of fused-ring (bicyclic) bond motifs is 1. The fourth-order valence-corrected chi connectivity index (χ4v) is 6.14. The molecule has 2 aromatic heterocycles. The minimum Gasteiger partial charge on any atom is -0.343 e. The van der Waals surface area contributed by atoms with Gasteiger partial charge in [0.1, 0.15) is 5.82 Å². The lowest BCUT2D eigenvalue weighted by atomic mass is 9.74. The number of nitrogens with zero attached hydrogens (tertiary/aromatic N) is 1. The molecule has 0 saturated heterocycles. The van der Waals surface area contributed by atoms with Crippen LogP contribution in [-0.4, -0.2) is 15.6 Å². The topological polar surface area (TPSA) is 66.9 Å². The van der Waals surface area contributed by atoms with Crippen molar-refractivity contribution in [3.8, 4) is 5.69 Å². The van der Waals surface area contributed by atoms with Crippen LogP contribution in [0.1, 0.15) is 40.7 Å². The molecule has 0 amide bonds. The van der Waals surface area contributed by atoms with E-state index in [1.165, 1.54) is 9.56 Å². The molecule has 34 heavy (non-hydrogen) atoms. The number of aromatic amines is 1. The summed E-state index contributed by atoms with van der Waals surface area (Å²) in [4.78, 5) is 28.5. The van der Waals surface area contributed by atoms with Gasteiger partial charge in [0, 0.05) is 34.4 Å². The molecular formula is C26H19Cl2N3O2S. The maximum atomic E-state index is 13.7. The Morgan fingerprint density at radius 2 is 1.76 bits per heavy atom. The first-order valence-electron chi connectivity index (χ1n) is 10.9. The monoisotopic (exact) mass is 507 g/mol. The van der Waals surface area contributed by atoms with Crippen LogP contribution in [0.5, 0.6) is 0 Å². The number of H-pyrrole nitrogens is 1. The lowest BCUT2D eigenvalue weighted by molar-refractivity contribution is -0.116. The Bertz CT molecular complexity index is 1500. The van der Waals surface area contributed by atoms with Crippen LogP contribution in [0, 0.1) is 0 Å². The van der Waals surface area contributed by atoms with Gasteiger partial charge in [0.2, 0.25) is 0 Å². The highest BCUT2D eigenvalue weighted by atomic mass is 35.5. The summed E-state index contributed by atoms with van der Waals surface area (Å²) in [7, 11) is 0. The second-order valence-corrected chi connectivity index (χ2v) is 10.3. The zero-order chi connectivity index (χ0) is 23.4. The van der Waals surface area contributed by atoms with Crippen molar-refractivity contribution in [2.45, 2.75) is 24.7 Å².